The Labute approximate surface area is 134 Å². The number of carbonyl (C=O) groups excluding carboxylic acids is 1. The predicted octanol–water partition coefficient (Wildman–Crippen LogP) is 4.09. The first-order chi connectivity index (χ1) is 11.2. The van der Waals surface area contributed by atoms with E-state index < -0.39 is 5.97 Å². The van der Waals surface area contributed by atoms with E-state index in [2.05, 4.69) is 4.98 Å². The molecule has 0 bridgehead atoms. The molecule has 2 aromatic carbocycles. The van der Waals surface area contributed by atoms with Crippen molar-refractivity contribution < 1.29 is 14.3 Å². The van der Waals surface area contributed by atoms with Crippen LogP contribution in [0.5, 0.6) is 5.75 Å². The lowest BCUT2D eigenvalue weighted by atomic mass is 10.00. The van der Waals surface area contributed by atoms with Gasteiger partial charge in [-0.15, -0.1) is 0 Å². The fourth-order valence-electron chi connectivity index (χ4n) is 2.50. The van der Waals surface area contributed by atoms with Gasteiger partial charge in [-0.05, 0) is 42.3 Å². The van der Waals surface area contributed by atoms with Gasteiger partial charge in [0, 0.05) is 5.39 Å². The third kappa shape index (κ3) is 3.01. The number of benzene rings is 2. The van der Waals surface area contributed by atoms with Crippen molar-refractivity contribution in [1.29, 1.82) is 0 Å². The fourth-order valence-corrected chi connectivity index (χ4v) is 2.50. The molecule has 0 aliphatic carbocycles. The van der Waals surface area contributed by atoms with Gasteiger partial charge in [0.1, 0.15) is 11.4 Å². The summed E-state index contributed by atoms with van der Waals surface area (Å²) >= 11 is 0. The van der Waals surface area contributed by atoms with Crippen LogP contribution in [0, 0.1) is 0 Å². The quantitative estimate of drug-likeness (QED) is 0.681. The molecule has 3 rings (SSSR count). The van der Waals surface area contributed by atoms with Crippen LogP contribution in [0.4, 0.5) is 0 Å². The predicted molar refractivity (Wildman–Crippen MR) is 89.7 cm³/mol. The molecule has 1 aromatic heterocycles. The fraction of sp³-hybridized carbons (Fsp3) is 0.158. The summed E-state index contributed by atoms with van der Waals surface area (Å²) in [4.78, 5) is 16.5. The summed E-state index contributed by atoms with van der Waals surface area (Å²) in [6.45, 7) is 2.10. The Kier molecular flexibility index (Phi) is 4.24. The number of fused-ring (bicyclic) bond motifs is 1. The minimum atomic E-state index is -0.414. The van der Waals surface area contributed by atoms with Gasteiger partial charge < -0.3 is 9.47 Å². The first-order valence-corrected chi connectivity index (χ1v) is 7.44. The van der Waals surface area contributed by atoms with Crippen LogP contribution in [0.3, 0.4) is 0 Å². The van der Waals surface area contributed by atoms with E-state index in [1.54, 1.807) is 20.1 Å². The van der Waals surface area contributed by atoms with Crippen LogP contribution in [-0.4, -0.2) is 24.7 Å². The van der Waals surface area contributed by atoms with Crippen LogP contribution >= 0.6 is 0 Å². The maximum atomic E-state index is 12.1. The molecule has 0 amide bonds. The summed E-state index contributed by atoms with van der Waals surface area (Å²) in [5, 5.41) is 0.934. The van der Waals surface area contributed by atoms with Gasteiger partial charge in [-0.25, -0.2) is 9.78 Å². The molecule has 0 spiro atoms. The second-order valence-corrected chi connectivity index (χ2v) is 5.02. The lowest BCUT2D eigenvalue weighted by molar-refractivity contribution is 0.0520. The zero-order valence-electron chi connectivity index (χ0n) is 13.1. The molecule has 4 heteroatoms. The average Bonchev–Trinajstić information content (AvgIpc) is 2.61. The van der Waals surface area contributed by atoms with Crippen molar-refractivity contribution in [3.05, 3.63) is 60.3 Å². The van der Waals surface area contributed by atoms with Crippen molar-refractivity contribution in [1.82, 2.24) is 4.98 Å². The Balaban J connectivity index is 2.26. The molecule has 1 heterocycles. The highest BCUT2D eigenvalue weighted by Crippen LogP contribution is 2.31. The number of hydrogen-bond donors (Lipinski definition) is 0. The molecule has 4 nitrogen and oxygen atoms in total. The van der Waals surface area contributed by atoms with E-state index in [-0.39, 0.29) is 0 Å². The van der Waals surface area contributed by atoms with Crippen molar-refractivity contribution in [2.24, 2.45) is 0 Å². The highest BCUT2D eigenvalue weighted by atomic mass is 16.5. The molecule has 3 aromatic rings. The normalized spacial score (nSPS) is 10.5. The molecule has 0 saturated carbocycles. The molecule has 0 fully saturated rings. The average molecular weight is 307 g/mol. The number of esters is 1. The molecule has 0 radical (unpaired) electrons. The largest absolute Gasteiger partial charge is 0.497 e. The second kappa shape index (κ2) is 6.48. The zero-order valence-corrected chi connectivity index (χ0v) is 13.1. The zero-order chi connectivity index (χ0) is 16.2. The third-order valence-corrected chi connectivity index (χ3v) is 3.59. The lowest BCUT2D eigenvalue weighted by Gasteiger charge is -2.11. The van der Waals surface area contributed by atoms with Crippen LogP contribution in [0.2, 0.25) is 0 Å². The number of aromatic nitrogens is 1. The van der Waals surface area contributed by atoms with Gasteiger partial charge in [0.25, 0.3) is 0 Å². The van der Waals surface area contributed by atoms with Crippen LogP contribution < -0.4 is 4.74 Å². The highest BCUT2D eigenvalue weighted by molar-refractivity contribution is 6.00. The van der Waals surface area contributed by atoms with Crippen molar-refractivity contribution in [2.45, 2.75) is 6.92 Å². The minimum Gasteiger partial charge on any atom is -0.497 e. The highest BCUT2D eigenvalue weighted by Gasteiger charge is 2.14. The molecule has 0 saturated heterocycles. The summed E-state index contributed by atoms with van der Waals surface area (Å²) in [7, 11) is 1.63. The standard InChI is InChI=1S/C19H17NO3/c1-3-23-19(21)18-12-15(13-7-5-4-6-8-13)16-11-14(22-2)9-10-17(16)20-18/h4-12H,3H2,1-2H3. The van der Waals surface area contributed by atoms with E-state index in [9.17, 15) is 4.79 Å². The van der Waals surface area contributed by atoms with E-state index >= 15 is 0 Å². The Morgan fingerprint density at radius 2 is 1.87 bits per heavy atom. The third-order valence-electron chi connectivity index (χ3n) is 3.59. The summed E-state index contributed by atoms with van der Waals surface area (Å²) in [6, 6.07) is 17.3. The van der Waals surface area contributed by atoms with E-state index in [4.69, 9.17) is 9.47 Å². The maximum absolute atomic E-state index is 12.1. The van der Waals surface area contributed by atoms with E-state index in [0.717, 1.165) is 27.8 Å². The first kappa shape index (κ1) is 15.0. The van der Waals surface area contributed by atoms with Gasteiger partial charge in [-0.2, -0.15) is 0 Å². The van der Waals surface area contributed by atoms with E-state index in [1.165, 1.54) is 0 Å². The van der Waals surface area contributed by atoms with Crippen LogP contribution in [0.1, 0.15) is 17.4 Å². The number of hydrogen-bond acceptors (Lipinski definition) is 4. The van der Waals surface area contributed by atoms with Crippen molar-refractivity contribution in [2.75, 3.05) is 13.7 Å². The van der Waals surface area contributed by atoms with Gasteiger partial charge in [0.05, 0.1) is 19.2 Å². The maximum Gasteiger partial charge on any atom is 0.356 e. The van der Waals surface area contributed by atoms with Crippen molar-refractivity contribution >= 4 is 16.9 Å². The smallest absolute Gasteiger partial charge is 0.356 e. The van der Waals surface area contributed by atoms with Crippen molar-refractivity contribution in [3.8, 4) is 16.9 Å². The van der Waals surface area contributed by atoms with Gasteiger partial charge in [-0.3, -0.25) is 0 Å². The summed E-state index contributed by atoms with van der Waals surface area (Å²) in [5.41, 5.74) is 2.98. The second-order valence-electron chi connectivity index (χ2n) is 5.02. The number of pyridine rings is 1. The first-order valence-electron chi connectivity index (χ1n) is 7.44. The Hall–Kier alpha value is -2.88. The van der Waals surface area contributed by atoms with Gasteiger partial charge in [0.2, 0.25) is 0 Å². The molecule has 0 aliphatic heterocycles. The number of ether oxygens (including phenoxy) is 2. The van der Waals surface area contributed by atoms with Crippen LogP contribution in [0.25, 0.3) is 22.0 Å². The Morgan fingerprint density at radius 3 is 2.57 bits per heavy atom. The van der Waals surface area contributed by atoms with E-state index in [1.807, 2.05) is 48.5 Å². The summed E-state index contributed by atoms with van der Waals surface area (Å²) < 4.78 is 10.4. The van der Waals surface area contributed by atoms with Gasteiger partial charge in [-0.1, -0.05) is 30.3 Å². The SMILES string of the molecule is CCOC(=O)c1cc(-c2ccccc2)c2cc(OC)ccc2n1. The Morgan fingerprint density at radius 1 is 1.09 bits per heavy atom. The molecule has 116 valence electrons. The molecular formula is C19H17NO3. The lowest BCUT2D eigenvalue weighted by Crippen LogP contribution is -2.07. The number of rotatable bonds is 4. The molecular weight excluding hydrogens is 290 g/mol. The minimum absolute atomic E-state index is 0.309. The van der Waals surface area contributed by atoms with Gasteiger partial charge in [0.15, 0.2) is 0 Å². The van der Waals surface area contributed by atoms with Crippen LogP contribution in [-0.2, 0) is 4.74 Å². The molecule has 0 N–H and O–H groups in total. The van der Waals surface area contributed by atoms with Crippen molar-refractivity contribution in [3.63, 3.8) is 0 Å². The topological polar surface area (TPSA) is 48.4 Å². The van der Waals surface area contributed by atoms with E-state index in [0.29, 0.717) is 12.3 Å². The number of methoxy groups -OCH3 is 1. The molecule has 0 atom stereocenters. The molecule has 23 heavy (non-hydrogen) atoms. The monoisotopic (exact) mass is 307 g/mol. The van der Waals surface area contributed by atoms with Crippen LogP contribution in [0.15, 0.2) is 54.6 Å². The molecule has 0 aliphatic rings. The molecule has 0 unspecified atom stereocenters. The number of nitrogens with zero attached hydrogens (tertiary/aromatic N) is 1. The summed E-state index contributed by atoms with van der Waals surface area (Å²) in [6.07, 6.45) is 0. The summed E-state index contributed by atoms with van der Waals surface area (Å²) in [5.74, 6) is 0.336. The van der Waals surface area contributed by atoms with Gasteiger partial charge >= 0.3 is 5.97 Å². The Bertz CT molecular complexity index is 844. The number of carbonyl (C=O) groups is 1.